The number of nitrogens with one attached hydrogen (secondary N) is 1. The zero-order valence-corrected chi connectivity index (χ0v) is 10.2. The van der Waals surface area contributed by atoms with Crippen molar-refractivity contribution in [2.45, 2.75) is 19.8 Å². The highest BCUT2D eigenvalue weighted by Crippen LogP contribution is 2.15. The van der Waals surface area contributed by atoms with E-state index in [1.807, 2.05) is 36.1 Å². The highest BCUT2D eigenvalue weighted by molar-refractivity contribution is 5.89. The number of nitrogens with zero attached hydrogens (tertiary/aromatic N) is 1. The Morgan fingerprint density at radius 2 is 1.82 bits per heavy atom. The molecule has 0 spiro atoms. The Bertz CT molecular complexity index is 412. The monoisotopic (exact) mass is 230 g/mol. The molecule has 2 amide bonds. The summed E-state index contributed by atoms with van der Waals surface area (Å²) in [6.07, 6.45) is 1.84. The van der Waals surface area contributed by atoms with Gasteiger partial charge in [0.25, 0.3) is 0 Å². The topological polar surface area (TPSA) is 32.3 Å². The maximum absolute atomic E-state index is 11.9. The van der Waals surface area contributed by atoms with Crippen LogP contribution in [0.3, 0.4) is 0 Å². The molecule has 1 aromatic carbocycles. The number of rotatable bonds is 1. The van der Waals surface area contributed by atoms with E-state index in [9.17, 15) is 4.79 Å². The normalized spacial score (nSPS) is 15.8. The van der Waals surface area contributed by atoms with Gasteiger partial charge >= 0.3 is 6.03 Å². The Hall–Kier alpha value is -1.77. The fraction of sp³-hybridized carbons (Fsp3) is 0.357. The average Bonchev–Trinajstić information content (AvgIpc) is 2.33. The van der Waals surface area contributed by atoms with Gasteiger partial charge in [-0.25, -0.2) is 4.79 Å². The molecule has 2 rings (SSSR count). The SMILES string of the molecule is C=C1CCN(C(=O)Nc2ccc(C)cc2)CC1. The molecule has 0 radical (unpaired) electrons. The molecule has 1 aromatic rings. The van der Waals surface area contributed by atoms with Crippen molar-refractivity contribution < 1.29 is 4.79 Å². The average molecular weight is 230 g/mol. The Kier molecular flexibility index (Phi) is 3.47. The molecule has 1 fully saturated rings. The highest BCUT2D eigenvalue weighted by atomic mass is 16.2. The first-order valence-electron chi connectivity index (χ1n) is 5.94. The fourth-order valence-corrected chi connectivity index (χ4v) is 1.87. The minimum absolute atomic E-state index is 0.0126. The summed E-state index contributed by atoms with van der Waals surface area (Å²) in [5.41, 5.74) is 3.28. The van der Waals surface area contributed by atoms with E-state index in [0.29, 0.717) is 0 Å². The van der Waals surface area contributed by atoms with Gasteiger partial charge in [-0.3, -0.25) is 0 Å². The summed E-state index contributed by atoms with van der Waals surface area (Å²) in [5.74, 6) is 0. The first-order valence-corrected chi connectivity index (χ1v) is 5.94. The molecule has 0 atom stereocenters. The first-order chi connectivity index (χ1) is 8.15. The molecule has 1 N–H and O–H groups in total. The van der Waals surface area contributed by atoms with Crippen LogP contribution in [-0.2, 0) is 0 Å². The minimum Gasteiger partial charge on any atom is -0.324 e. The third-order valence-corrected chi connectivity index (χ3v) is 3.06. The van der Waals surface area contributed by atoms with Crippen molar-refractivity contribution in [1.82, 2.24) is 4.90 Å². The molecule has 3 nitrogen and oxygen atoms in total. The zero-order valence-electron chi connectivity index (χ0n) is 10.2. The summed E-state index contributed by atoms with van der Waals surface area (Å²) in [7, 11) is 0. The van der Waals surface area contributed by atoms with E-state index in [-0.39, 0.29) is 6.03 Å². The van der Waals surface area contributed by atoms with Crippen LogP contribution in [0, 0.1) is 6.92 Å². The van der Waals surface area contributed by atoms with Crippen LogP contribution in [0.15, 0.2) is 36.4 Å². The van der Waals surface area contributed by atoms with Crippen LogP contribution in [0.1, 0.15) is 18.4 Å². The van der Waals surface area contributed by atoms with Crippen LogP contribution < -0.4 is 5.32 Å². The van der Waals surface area contributed by atoms with Gasteiger partial charge in [0.2, 0.25) is 0 Å². The number of carbonyl (C=O) groups is 1. The number of amides is 2. The second-order valence-corrected chi connectivity index (χ2v) is 4.53. The summed E-state index contributed by atoms with van der Waals surface area (Å²) in [6.45, 7) is 7.52. The Labute approximate surface area is 102 Å². The predicted octanol–water partition coefficient (Wildman–Crippen LogP) is 3.18. The van der Waals surface area contributed by atoms with Crippen molar-refractivity contribution in [2.24, 2.45) is 0 Å². The number of anilines is 1. The van der Waals surface area contributed by atoms with Gasteiger partial charge in [0, 0.05) is 18.8 Å². The largest absolute Gasteiger partial charge is 0.324 e. The predicted molar refractivity (Wildman–Crippen MR) is 70.1 cm³/mol. The van der Waals surface area contributed by atoms with Crippen molar-refractivity contribution in [3.05, 3.63) is 42.0 Å². The second-order valence-electron chi connectivity index (χ2n) is 4.53. The van der Waals surface area contributed by atoms with Gasteiger partial charge < -0.3 is 10.2 Å². The van der Waals surface area contributed by atoms with Gasteiger partial charge in [-0.1, -0.05) is 29.8 Å². The van der Waals surface area contributed by atoms with E-state index in [0.717, 1.165) is 31.6 Å². The molecule has 1 heterocycles. The van der Waals surface area contributed by atoms with E-state index in [4.69, 9.17) is 0 Å². The van der Waals surface area contributed by atoms with Crippen molar-refractivity contribution in [3.63, 3.8) is 0 Å². The van der Waals surface area contributed by atoms with Crippen LogP contribution in [-0.4, -0.2) is 24.0 Å². The minimum atomic E-state index is -0.0126. The smallest absolute Gasteiger partial charge is 0.321 e. The molecular formula is C14H18N2O. The summed E-state index contributed by atoms with van der Waals surface area (Å²) in [5, 5.41) is 2.91. The van der Waals surface area contributed by atoms with Crippen molar-refractivity contribution >= 4 is 11.7 Å². The quantitative estimate of drug-likeness (QED) is 0.738. The van der Waals surface area contributed by atoms with Gasteiger partial charge in [0.05, 0.1) is 0 Å². The molecule has 0 unspecified atom stereocenters. The molecule has 1 aliphatic heterocycles. The van der Waals surface area contributed by atoms with Gasteiger partial charge in [-0.15, -0.1) is 0 Å². The molecule has 0 saturated carbocycles. The zero-order chi connectivity index (χ0) is 12.3. The van der Waals surface area contributed by atoms with Gasteiger partial charge in [0.15, 0.2) is 0 Å². The number of aryl methyl sites for hydroxylation is 1. The summed E-state index contributed by atoms with van der Waals surface area (Å²) >= 11 is 0. The van der Waals surface area contributed by atoms with Crippen LogP contribution in [0.4, 0.5) is 10.5 Å². The van der Waals surface area contributed by atoms with Gasteiger partial charge in [-0.05, 0) is 31.9 Å². The number of piperidine rings is 1. The molecule has 17 heavy (non-hydrogen) atoms. The van der Waals surface area contributed by atoms with Gasteiger partial charge in [-0.2, -0.15) is 0 Å². The summed E-state index contributed by atoms with van der Waals surface area (Å²) < 4.78 is 0. The lowest BCUT2D eigenvalue weighted by Gasteiger charge is -2.28. The second kappa shape index (κ2) is 5.04. The molecule has 3 heteroatoms. The Morgan fingerprint density at radius 1 is 1.24 bits per heavy atom. The number of carbonyl (C=O) groups excluding carboxylic acids is 1. The summed E-state index contributed by atoms with van der Waals surface area (Å²) in [4.78, 5) is 13.8. The van der Waals surface area contributed by atoms with Crippen LogP contribution in [0.25, 0.3) is 0 Å². The maximum atomic E-state index is 11.9. The number of hydrogen-bond donors (Lipinski definition) is 1. The maximum Gasteiger partial charge on any atom is 0.321 e. The molecule has 0 aromatic heterocycles. The number of likely N-dealkylation sites (tertiary alicyclic amines) is 1. The molecule has 1 aliphatic rings. The van der Waals surface area contributed by atoms with Crippen LogP contribution in [0.2, 0.25) is 0 Å². The number of benzene rings is 1. The fourth-order valence-electron chi connectivity index (χ4n) is 1.87. The Morgan fingerprint density at radius 3 is 2.41 bits per heavy atom. The van der Waals surface area contributed by atoms with Crippen molar-refractivity contribution in [1.29, 1.82) is 0 Å². The molecule has 0 bridgehead atoms. The molecule has 1 saturated heterocycles. The van der Waals surface area contributed by atoms with Gasteiger partial charge in [0.1, 0.15) is 0 Å². The Balaban J connectivity index is 1.92. The van der Waals surface area contributed by atoms with E-state index >= 15 is 0 Å². The molecule has 90 valence electrons. The lowest BCUT2D eigenvalue weighted by molar-refractivity contribution is 0.207. The van der Waals surface area contributed by atoms with E-state index < -0.39 is 0 Å². The van der Waals surface area contributed by atoms with E-state index in [1.165, 1.54) is 11.1 Å². The first kappa shape index (κ1) is 11.7. The molecular weight excluding hydrogens is 212 g/mol. The summed E-state index contributed by atoms with van der Waals surface area (Å²) in [6, 6.07) is 7.83. The van der Waals surface area contributed by atoms with Crippen LogP contribution >= 0.6 is 0 Å². The van der Waals surface area contributed by atoms with E-state index in [2.05, 4.69) is 11.9 Å². The number of urea groups is 1. The van der Waals surface area contributed by atoms with Crippen molar-refractivity contribution in [3.8, 4) is 0 Å². The molecule has 0 aliphatic carbocycles. The highest BCUT2D eigenvalue weighted by Gasteiger charge is 2.17. The lowest BCUT2D eigenvalue weighted by Crippen LogP contribution is -2.39. The van der Waals surface area contributed by atoms with Crippen LogP contribution in [0.5, 0.6) is 0 Å². The third-order valence-electron chi connectivity index (χ3n) is 3.06. The van der Waals surface area contributed by atoms with E-state index in [1.54, 1.807) is 0 Å². The number of hydrogen-bond acceptors (Lipinski definition) is 1. The standard InChI is InChI=1S/C14H18N2O/c1-11-3-5-13(6-4-11)15-14(17)16-9-7-12(2)8-10-16/h3-6H,2,7-10H2,1H3,(H,15,17). The lowest BCUT2D eigenvalue weighted by atomic mass is 10.1. The third kappa shape index (κ3) is 3.09. The van der Waals surface area contributed by atoms with Crippen molar-refractivity contribution in [2.75, 3.05) is 18.4 Å².